The van der Waals surface area contributed by atoms with Crippen LogP contribution < -0.4 is 5.32 Å². The van der Waals surface area contributed by atoms with Crippen molar-refractivity contribution in [3.8, 4) is 6.07 Å². The third-order valence-corrected chi connectivity index (χ3v) is 2.64. The molecule has 0 aliphatic rings. The molecule has 0 saturated carbocycles. The number of nitrogens with one attached hydrogen (secondary N) is 1. The number of nitriles is 1. The van der Waals surface area contributed by atoms with E-state index in [1.54, 1.807) is 24.3 Å². The van der Waals surface area contributed by atoms with Gasteiger partial charge in [0.2, 0.25) is 0 Å². The maximum absolute atomic E-state index is 13.6. The van der Waals surface area contributed by atoms with Gasteiger partial charge in [-0.15, -0.1) is 0 Å². The van der Waals surface area contributed by atoms with Gasteiger partial charge in [-0.2, -0.15) is 5.26 Å². The van der Waals surface area contributed by atoms with Crippen LogP contribution in [0.3, 0.4) is 0 Å². The summed E-state index contributed by atoms with van der Waals surface area (Å²) in [4.78, 5) is 11.9. The molecule has 0 saturated heterocycles. The Balaban J connectivity index is 2.37. The second kappa shape index (κ2) is 5.28. The molecule has 0 radical (unpaired) electrons. The predicted octanol–water partition coefficient (Wildman–Crippen LogP) is 2.62. The van der Waals surface area contributed by atoms with Crippen molar-refractivity contribution in [2.75, 3.05) is 6.54 Å². The van der Waals surface area contributed by atoms with Crippen molar-refractivity contribution in [2.45, 2.75) is 6.42 Å². The summed E-state index contributed by atoms with van der Waals surface area (Å²) in [6.45, 7) is 0.293. The predicted molar refractivity (Wildman–Crippen MR) is 66.5 cm³/mol. The van der Waals surface area contributed by atoms with Gasteiger partial charge in [-0.25, -0.2) is 4.39 Å². The van der Waals surface area contributed by atoms with Crippen molar-refractivity contribution < 1.29 is 9.18 Å². The van der Waals surface area contributed by atoms with E-state index in [1.165, 1.54) is 12.1 Å². The number of rotatable bonds is 3. The summed E-state index contributed by atoms with van der Waals surface area (Å²) in [5, 5.41) is 12.0. The molecule has 1 amide bonds. The first-order valence-electron chi connectivity index (χ1n) is 5.56. The van der Waals surface area contributed by atoms with Gasteiger partial charge in [-0.1, -0.05) is 24.3 Å². The molecule has 0 spiro atoms. The Labute approximate surface area is 104 Å². The summed E-state index contributed by atoms with van der Waals surface area (Å²) < 4.78 is 13.6. The van der Waals surface area contributed by atoms with Crippen molar-refractivity contribution >= 4 is 16.7 Å². The van der Waals surface area contributed by atoms with Gasteiger partial charge in [0.1, 0.15) is 5.82 Å². The third-order valence-electron chi connectivity index (χ3n) is 2.64. The quantitative estimate of drug-likeness (QED) is 0.841. The Bertz CT molecular complexity index is 631. The highest BCUT2D eigenvalue weighted by Crippen LogP contribution is 2.21. The van der Waals surface area contributed by atoms with Crippen LogP contribution in [0.5, 0.6) is 0 Å². The van der Waals surface area contributed by atoms with Crippen molar-refractivity contribution in [1.82, 2.24) is 5.32 Å². The molecule has 0 atom stereocenters. The van der Waals surface area contributed by atoms with Crippen LogP contribution in [0.2, 0.25) is 0 Å². The molecule has 0 heterocycles. The lowest BCUT2D eigenvalue weighted by Crippen LogP contribution is -2.24. The maximum Gasteiger partial charge on any atom is 0.251 e. The normalized spacial score (nSPS) is 10.0. The summed E-state index contributed by atoms with van der Waals surface area (Å²) in [7, 11) is 0. The first kappa shape index (κ1) is 12.1. The van der Waals surface area contributed by atoms with Gasteiger partial charge in [-0.3, -0.25) is 4.79 Å². The highest BCUT2D eigenvalue weighted by Gasteiger charge is 2.11. The Morgan fingerprint density at radius 2 is 1.94 bits per heavy atom. The van der Waals surface area contributed by atoms with Crippen molar-refractivity contribution in [1.29, 1.82) is 5.26 Å². The largest absolute Gasteiger partial charge is 0.351 e. The SMILES string of the molecule is N#CCCNC(=O)c1ccc(F)c2ccccc12. The molecule has 1 N–H and O–H groups in total. The molecule has 0 fully saturated rings. The minimum absolute atomic E-state index is 0.255. The average Bonchev–Trinajstić information content (AvgIpc) is 2.39. The van der Waals surface area contributed by atoms with Crippen molar-refractivity contribution in [2.24, 2.45) is 0 Å². The molecule has 3 nitrogen and oxygen atoms in total. The first-order valence-corrected chi connectivity index (χ1v) is 5.56. The fraction of sp³-hybridized carbons (Fsp3) is 0.143. The molecule has 0 aromatic heterocycles. The molecular weight excluding hydrogens is 231 g/mol. The number of fused-ring (bicyclic) bond motifs is 1. The number of carbonyl (C=O) groups is 1. The lowest BCUT2D eigenvalue weighted by molar-refractivity contribution is 0.0956. The smallest absolute Gasteiger partial charge is 0.251 e. The monoisotopic (exact) mass is 242 g/mol. The minimum atomic E-state index is -0.348. The molecule has 2 rings (SSSR count). The van der Waals surface area contributed by atoms with E-state index in [-0.39, 0.29) is 18.1 Å². The Kier molecular flexibility index (Phi) is 3.54. The molecular formula is C14H11FN2O. The topological polar surface area (TPSA) is 52.9 Å². The lowest BCUT2D eigenvalue weighted by Gasteiger charge is -2.07. The minimum Gasteiger partial charge on any atom is -0.351 e. The van der Waals surface area contributed by atoms with Gasteiger partial charge >= 0.3 is 0 Å². The fourth-order valence-corrected chi connectivity index (χ4v) is 1.79. The summed E-state index contributed by atoms with van der Waals surface area (Å²) in [5.74, 6) is -0.638. The fourth-order valence-electron chi connectivity index (χ4n) is 1.79. The summed E-state index contributed by atoms with van der Waals surface area (Å²) in [6.07, 6.45) is 0.255. The number of halogens is 1. The maximum atomic E-state index is 13.6. The number of benzene rings is 2. The van der Waals surface area contributed by atoms with E-state index in [9.17, 15) is 9.18 Å². The Morgan fingerprint density at radius 3 is 2.67 bits per heavy atom. The number of nitrogens with zero attached hydrogens (tertiary/aromatic N) is 1. The van der Waals surface area contributed by atoms with E-state index in [1.807, 2.05) is 6.07 Å². The van der Waals surface area contributed by atoms with Crippen molar-refractivity contribution in [3.63, 3.8) is 0 Å². The Morgan fingerprint density at radius 1 is 1.22 bits per heavy atom. The molecule has 0 aliphatic carbocycles. The first-order chi connectivity index (χ1) is 8.74. The average molecular weight is 242 g/mol. The van der Waals surface area contributed by atoms with E-state index in [0.717, 1.165) is 0 Å². The molecule has 2 aromatic rings. The van der Waals surface area contributed by atoms with Gasteiger partial charge in [0.25, 0.3) is 5.91 Å². The van der Waals surface area contributed by atoms with E-state index in [4.69, 9.17) is 5.26 Å². The second-order valence-corrected chi connectivity index (χ2v) is 3.80. The molecule has 4 heteroatoms. The highest BCUT2D eigenvalue weighted by atomic mass is 19.1. The van der Waals surface area contributed by atoms with Crippen LogP contribution >= 0.6 is 0 Å². The zero-order chi connectivity index (χ0) is 13.0. The summed E-state index contributed by atoms with van der Waals surface area (Å²) in [6, 6.07) is 11.5. The summed E-state index contributed by atoms with van der Waals surface area (Å²) >= 11 is 0. The van der Waals surface area contributed by atoms with Gasteiger partial charge in [0, 0.05) is 17.5 Å². The molecule has 2 aromatic carbocycles. The molecule has 0 aliphatic heterocycles. The third kappa shape index (κ3) is 2.30. The van der Waals surface area contributed by atoms with Gasteiger partial charge < -0.3 is 5.32 Å². The molecule has 0 unspecified atom stereocenters. The number of carbonyl (C=O) groups excluding carboxylic acids is 1. The lowest BCUT2D eigenvalue weighted by atomic mass is 10.0. The van der Waals surface area contributed by atoms with Crippen LogP contribution in [-0.4, -0.2) is 12.5 Å². The molecule has 18 heavy (non-hydrogen) atoms. The number of hydrogen-bond acceptors (Lipinski definition) is 2. The van der Waals surface area contributed by atoms with E-state index < -0.39 is 0 Å². The van der Waals surface area contributed by atoms with Crippen LogP contribution in [0.1, 0.15) is 16.8 Å². The molecule has 0 bridgehead atoms. The van der Waals surface area contributed by atoms with Crippen LogP contribution in [-0.2, 0) is 0 Å². The zero-order valence-electron chi connectivity index (χ0n) is 9.61. The van der Waals surface area contributed by atoms with Crippen LogP contribution in [0.15, 0.2) is 36.4 Å². The van der Waals surface area contributed by atoms with E-state index in [2.05, 4.69) is 5.32 Å². The van der Waals surface area contributed by atoms with Crippen LogP contribution in [0.25, 0.3) is 10.8 Å². The van der Waals surface area contributed by atoms with Gasteiger partial charge in [0.05, 0.1) is 12.5 Å². The zero-order valence-corrected chi connectivity index (χ0v) is 9.61. The van der Waals surface area contributed by atoms with Crippen LogP contribution in [0.4, 0.5) is 4.39 Å². The number of hydrogen-bond donors (Lipinski definition) is 1. The van der Waals surface area contributed by atoms with Crippen LogP contribution in [0, 0.1) is 17.1 Å². The molecule has 90 valence electrons. The summed E-state index contributed by atoms with van der Waals surface area (Å²) in [5.41, 5.74) is 0.421. The van der Waals surface area contributed by atoms with E-state index in [0.29, 0.717) is 22.9 Å². The second-order valence-electron chi connectivity index (χ2n) is 3.80. The van der Waals surface area contributed by atoms with Crippen molar-refractivity contribution in [3.05, 3.63) is 47.8 Å². The standard InChI is InChI=1S/C14H11FN2O/c15-13-7-6-12(14(18)17-9-3-8-16)10-4-1-2-5-11(10)13/h1-2,4-7H,3,9H2,(H,17,18). The van der Waals surface area contributed by atoms with E-state index >= 15 is 0 Å². The Hall–Kier alpha value is -2.41. The number of amides is 1. The highest BCUT2D eigenvalue weighted by molar-refractivity contribution is 6.07. The van der Waals surface area contributed by atoms with Gasteiger partial charge in [0.15, 0.2) is 0 Å². The van der Waals surface area contributed by atoms with Gasteiger partial charge in [-0.05, 0) is 17.5 Å².